The fourth-order valence-corrected chi connectivity index (χ4v) is 4.03. The van der Waals surface area contributed by atoms with Crippen molar-refractivity contribution in [1.29, 1.82) is 0 Å². The van der Waals surface area contributed by atoms with Crippen LogP contribution in [-0.4, -0.2) is 48.8 Å². The van der Waals surface area contributed by atoms with E-state index in [1.807, 2.05) is 0 Å². The Hall–Kier alpha value is -2.31. The number of urea groups is 1. The first-order valence-corrected chi connectivity index (χ1v) is 9.82. The smallest absolute Gasteiger partial charge is 0.317 e. The third-order valence-electron chi connectivity index (χ3n) is 5.59. The minimum atomic E-state index is -1.01. The monoisotopic (exact) mass is 403 g/mol. The Morgan fingerprint density at radius 2 is 1.86 bits per heavy atom. The van der Waals surface area contributed by atoms with Gasteiger partial charge in [0.2, 0.25) is 0 Å². The average Bonchev–Trinajstić information content (AvgIpc) is 3.14. The Morgan fingerprint density at radius 1 is 1.18 bits per heavy atom. The van der Waals surface area contributed by atoms with Crippen molar-refractivity contribution < 1.29 is 14.3 Å². The summed E-state index contributed by atoms with van der Waals surface area (Å²) in [7, 11) is 0. The number of β-amino-alcohol motifs (C(OH)–C–C–N with tert-alkyl or cyclic N) is 1. The zero-order valence-corrected chi connectivity index (χ0v) is 16.2. The summed E-state index contributed by atoms with van der Waals surface area (Å²) in [5.41, 5.74) is 0.770. The van der Waals surface area contributed by atoms with Gasteiger partial charge in [-0.25, -0.2) is 9.18 Å². The van der Waals surface area contributed by atoms with Crippen molar-refractivity contribution in [2.45, 2.75) is 12.0 Å². The van der Waals surface area contributed by atoms with E-state index >= 15 is 0 Å². The summed E-state index contributed by atoms with van der Waals surface area (Å²) < 4.78 is 13.1. The van der Waals surface area contributed by atoms with Gasteiger partial charge in [-0.15, -0.1) is 0 Å². The van der Waals surface area contributed by atoms with E-state index < -0.39 is 5.60 Å². The number of carbonyl (C=O) groups is 1. The maximum absolute atomic E-state index is 13.1. The van der Waals surface area contributed by atoms with Gasteiger partial charge in [0.05, 0.1) is 13.1 Å². The number of amides is 2. The van der Waals surface area contributed by atoms with Crippen molar-refractivity contribution in [2.24, 2.45) is 5.92 Å². The topological polar surface area (TPSA) is 55.8 Å². The van der Waals surface area contributed by atoms with Crippen LogP contribution in [0.4, 0.5) is 14.9 Å². The van der Waals surface area contributed by atoms with Crippen LogP contribution in [0, 0.1) is 11.7 Å². The van der Waals surface area contributed by atoms with Crippen molar-refractivity contribution in [3.05, 3.63) is 64.9 Å². The zero-order chi connectivity index (χ0) is 19.7. The molecule has 0 aromatic heterocycles. The van der Waals surface area contributed by atoms with Crippen LogP contribution in [0.1, 0.15) is 12.0 Å². The number of aliphatic hydroxyl groups is 1. The SMILES string of the molecule is O=C(NCC1CCN(c2ccc(F)cc2)C1)N1CC(O)(c2ccc(Cl)cc2)C1. The quantitative estimate of drug-likeness (QED) is 0.824. The number of nitrogens with one attached hydrogen (secondary N) is 1. The first kappa shape index (κ1) is 19.0. The summed E-state index contributed by atoms with van der Waals surface area (Å²) >= 11 is 5.89. The van der Waals surface area contributed by atoms with E-state index in [2.05, 4.69) is 10.2 Å². The molecule has 1 unspecified atom stereocenters. The number of nitrogens with zero attached hydrogens (tertiary/aromatic N) is 2. The Kier molecular flexibility index (Phi) is 5.17. The molecule has 2 aliphatic heterocycles. The largest absolute Gasteiger partial charge is 0.381 e. The van der Waals surface area contributed by atoms with Gasteiger partial charge < -0.3 is 20.2 Å². The molecule has 0 radical (unpaired) electrons. The summed E-state index contributed by atoms with van der Waals surface area (Å²) in [4.78, 5) is 16.2. The molecule has 0 bridgehead atoms. The van der Waals surface area contributed by atoms with E-state index in [4.69, 9.17) is 11.6 Å². The van der Waals surface area contributed by atoms with Gasteiger partial charge in [-0.1, -0.05) is 23.7 Å². The van der Waals surface area contributed by atoms with Crippen molar-refractivity contribution >= 4 is 23.3 Å². The molecule has 2 fully saturated rings. The molecule has 5 nitrogen and oxygen atoms in total. The maximum atomic E-state index is 13.1. The van der Waals surface area contributed by atoms with Crippen LogP contribution >= 0.6 is 11.6 Å². The number of halogens is 2. The minimum absolute atomic E-state index is 0.154. The molecule has 4 rings (SSSR count). The van der Waals surface area contributed by atoms with E-state index in [0.717, 1.165) is 30.8 Å². The number of benzene rings is 2. The van der Waals surface area contributed by atoms with Gasteiger partial charge >= 0.3 is 6.03 Å². The zero-order valence-electron chi connectivity index (χ0n) is 15.4. The molecule has 2 N–H and O–H groups in total. The lowest BCUT2D eigenvalue weighted by Gasteiger charge is -2.46. The van der Waals surface area contributed by atoms with E-state index in [9.17, 15) is 14.3 Å². The summed E-state index contributed by atoms with van der Waals surface area (Å²) in [5, 5.41) is 14.2. The third-order valence-corrected chi connectivity index (χ3v) is 5.85. The summed E-state index contributed by atoms with van der Waals surface area (Å²) in [6, 6.07) is 13.4. The Bertz CT molecular complexity index is 838. The lowest BCUT2D eigenvalue weighted by molar-refractivity contribution is -0.0816. The van der Waals surface area contributed by atoms with E-state index in [1.54, 1.807) is 41.3 Å². The Morgan fingerprint density at radius 3 is 2.54 bits per heavy atom. The van der Waals surface area contributed by atoms with Crippen molar-refractivity contribution in [2.75, 3.05) is 37.6 Å². The van der Waals surface area contributed by atoms with Crippen molar-refractivity contribution in [1.82, 2.24) is 10.2 Å². The highest BCUT2D eigenvalue weighted by atomic mass is 35.5. The lowest BCUT2D eigenvalue weighted by atomic mass is 9.86. The van der Waals surface area contributed by atoms with Crippen LogP contribution in [-0.2, 0) is 5.60 Å². The standard InChI is InChI=1S/C21H23ClFN3O2/c22-17-3-1-16(2-4-17)21(28)13-26(14-21)20(27)24-11-15-9-10-25(12-15)19-7-5-18(23)6-8-19/h1-8,15,28H,9-14H2,(H,24,27). The molecule has 2 amide bonds. The molecule has 2 saturated heterocycles. The molecule has 2 aliphatic rings. The third kappa shape index (κ3) is 3.93. The van der Waals surface area contributed by atoms with Gasteiger partial charge in [0.1, 0.15) is 11.4 Å². The van der Waals surface area contributed by atoms with Gasteiger partial charge in [0.25, 0.3) is 0 Å². The number of rotatable bonds is 4. The molecule has 2 aromatic rings. The molecule has 28 heavy (non-hydrogen) atoms. The van der Waals surface area contributed by atoms with Crippen LogP contribution < -0.4 is 10.2 Å². The van der Waals surface area contributed by atoms with E-state index in [0.29, 0.717) is 17.5 Å². The fraction of sp³-hybridized carbons (Fsp3) is 0.381. The number of likely N-dealkylation sites (tertiary alicyclic amines) is 1. The molecule has 2 aromatic carbocycles. The molecular weight excluding hydrogens is 381 g/mol. The Labute approximate surface area is 168 Å². The second-order valence-electron chi connectivity index (χ2n) is 7.66. The Balaban J connectivity index is 1.23. The number of anilines is 1. The molecule has 2 heterocycles. The minimum Gasteiger partial charge on any atom is -0.381 e. The normalized spacial score (nSPS) is 20.8. The summed E-state index contributed by atoms with van der Waals surface area (Å²) in [6.45, 7) is 2.86. The van der Waals surface area contributed by atoms with Crippen LogP contribution in [0.25, 0.3) is 0 Å². The van der Waals surface area contributed by atoms with Gasteiger partial charge in [-0.2, -0.15) is 0 Å². The summed E-state index contributed by atoms with van der Waals surface area (Å²) in [6.07, 6.45) is 0.979. The molecule has 1 atom stereocenters. The maximum Gasteiger partial charge on any atom is 0.317 e. The van der Waals surface area contributed by atoms with Gasteiger partial charge in [0.15, 0.2) is 0 Å². The van der Waals surface area contributed by atoms with Gasteiger partial charge in [-0.3, -0.25) is 0 Å². The van der Waals surface area contributed by atoms with Crippen LogP contribution in [0.15, 0.2) is 48.5 Å². The van der Waals surface area contributed by atoms with Gasteiger partial charge in [0, 0.05) is 30.3 Å². The van der Waals surface area contributed by atoms with Crippen molar-refractivity contribution in [3.63, 3.8) is 0 Å². The van der Waals surface area contributed by atoms with Crippen molar-refractivity contribution in [3.8, 4) is 0 Å². The second kappa shape index (κ2) is 7.60. The molecule has 7 heteroatoms. The molecule has 0 spiro atoms. The second-order valence-corrected chi connectivity index (χ2v) is 8.09. The van der Waals surface area contributed by atoms with E-state index in [1.165, 1.54) is 12.1 Å². The van der Waals surface area contributed by atoms with Gasteiger partial charge in [-0.05, 0) is 54.3 Å². The molecular formula is C21H23ClFN3O2. The lowest BCUT2D eigenvalue weighted by Crippen LogP contribution is -2.63. The van der Waals surface area contributed by atoms with Crippen LogP contribution in [0.2, 0.25) is 5.02 Å². The van der Waals surface area contributed by atoms with Crippen LogP contribution in [0.3, 0.4) is 0 Å². The first-order valence-electron chi connectivity index (χ1n) is 9.45. The number of hydrogen-bond acceptors (Lipinski definition) is 3. The first-order chi connectivity index (χ1) is 13.4. The van der Waals surface area contributed by atoms with Crippen LogP contribution in [0.5, 0.6) is 0 Å². The highest BCUT2D eigenvalue weighted by Gasteiger charge is 2.45. The highest BCUT2D eigenvalue weighted by Crippen LogP contribution is 2.32. The predicted molar refractivity (Wildman–Crippen MR) is 107 cm³/mol. The molecule has 0 aliphatic carbocycles. The van der Waals surface area contributed by atoms with E-state index in [-0.39, 0.29) is 24.9 Å². The predicted octanol–water partition coefficient (Wildman–Crippen LogP) is 3.22. The fourth-order valence-electron chi connectivity index (χ4n) is 3.90. The summed E-state index contributed by atoms with van der Waals surface area (Å²) in [5.74, 6) is 0.116. The average molecular weight is 404 g/mol. The molecule has 0 saturated carbocycles. The molecule has 148 valence electrons. The number of carbonyl (C=O) groups excluding carboxylic acids is 1. The number of hydrogen-bond donors (Lipinski definition) is 2. The highest BCUT2D eigenvalue weighted by molar-refractivity contribution is 6.30.